The second-order valence-corrected chi connectivity index (χ2v) is 9.66. The van der Waals surface area contributed by atoms with Crippen LogP contribution < -0.4 is 0 Å². The van der Waals surface area contributed by atoms with Gasteiger partial charge in [-0.15, -0.1) is 0 Å². The largest absolute Gasteiger partial charge is 0.192 e. The molecule has 0 radical (unpaired) electrons. The summed E-state index contributed by atoms with van der Waals surface area (Å²) in [5.41, 5.74) is 6.92. The lowest BCUT2D eigenvalue weighted by Gasteiger charge is -2.28. The Morgan fingerprint density at radius 1 is 0.844 bits per heavy atom. The number of nitriles is 1. The number of hydrogen-bond acceptors (Lipinski definition) is 1. The van der Waals surface area contributed by atoms with Gasteiger partial charge in [0, 0.05) is 10.6 Å². The summed E-state index contributed by atoms with van der Waals surface area (Å²) in [7, 11) is 0. The summed E-state index contributed by atoms with van der Waals surface area (Å²) in [5, 5.41) is 9.63. The predicted molar refractivity (Wildman–Crippen MR) is 135 cm³/mol. The van der Waals surface area contributed by atoms with Gasteiger partial charge in [0.1, 0.15) is 0 Å². The molecule has 0 saturated heterocycles. The van der Waals surface area contributed by atoms with E-state index in [1.54, 1.807) is 6.07 Å². The molecular formula is C30H32ClN. The van der Waals surface area contributed by atoms with E-state index in [1.165, 1.54) is 55.2 Å². The Morgan fingerprint density at radius 2 is 1.47 bits per heavy atom. The summed E-state index contributed by atoms with van der Waals surface area (Å²) in [4.78, 5) is 0. The van der Waals surface area contributed by atoms with Crippen molar-refractivity contribution in [3.63, 3.8) is 0 Å². The van der Waals surface area contributed by atoms with E-state index >= 15 is 0 Å². The maximum Gasteiger partial charge on any atom is 0.0992 e. The van der Waals surface area contributed by atoms with Gasteiger partial charge < -0.3 is 0 Å². The first kappa shape index (κ1) is 22.6. The van der Waals surface area contributed by atoms with E-state index in [2.05, 4.69) is 61.5 Å². The van der Waals surface area contributed by atoms with Crippen molar-refractivity contribution in [3.05, 3.63) is 94.0 Å². The summed E-state index contributed by atoms with van der Waals surface area (Å²) in [6.07, 6.45) is 10.4. The van der Waals surface area contributed by atoms with E-state index in [9.17, 15) is 0 Å². The second-order valence-electron chi connectivity index (χ2n) is 9.25. The predicted octanol–water partition coefficient (Wildman–Crippen LogP) is 8.74. The second kappa shape index (κ2) is 10.8. The number of halogens is 1. The van der Waals surface area contributed by atoms with Gasteiger partial charge in [0.2, 0.25) is 0 Å². The lowest BCUT2D eigenvalue weighted by atomic mass is 9.77. The van der Waals surface area contributed by atoms with E-state index in [4.69, 9.17) is 16.9 Å². The Hall–Kier alpha value is -2.56. The van der Waals surface area contributed by atoms with Gasteiger partial charge in [-0.05, 0) is 84.7 Å². The first-order chi connectivity index (χ1) is 15.7. The quantitative estimate of drug-likeness (QED) is 0.359. The Morgan fingerprint density at radius 3 is 2.03 bits per heavy atom. The molecule has 0 heterocycles. The van der Waals surface area contributed by atoms with E-state index in [1.807, 2.05) is 12.1 Å². The highest BCUT2D eigenvalue weighted by molar-refractivity contribution is 6.33. The molecule has 0 atom stereocenters. The van der Waals surface area contributed by atoms with E-state index in [0.717, 1.165) is 35.8 Å². The highest BCUT2D eigenvalue weighted by Gasteiger charge is 2.21. The van der Waals surface area contributed by atoms with Crippen molar-refractivity contribution in [2.45, 2.75) is 64.2 Å². The third kappa shape index (κ3) is 5.62. The molecule has 32 heavy (non-hydrogen) atoms. The van der Waals surface area contributed by atoms with Crippen LogP contribution in [-0.2, 0) is 12.8 Å². The third-order valence-corrected chi connectivity index (χ3v) is 7.37. The molecule has 0 bridgehead atoms. The van der Waals surface area contributed by atoms with Crippen molar-refractivity contribution in [2.24, 2.45) is 5.92 Å². The smallest absolute Gasteiger partial charge is 0.0992 e. The summed E-state index contributed by atoms with van der Waals surface area (Å²) < 4.78 is 0. The van der Waals surface area contributed by atoms with Gasteiger partial charge in [0.05, 0.1) is 11.6 Å². The molecule has 2 heteroatoms. The molecule has 164 valence electrons. The Labute approximate surface area is 198 Å². The van der Waals surface area contributed by atoms with Crippen molar-refractivity contribution < 1.29 is 0 Å². The van der Waals surface area contributed by atoms with Crippen molar-refractivity contribution in [2.75, 3.05) is 0 Å². The molecule has 0 unspecified atom stereocenters. The maximum atomic E-state index is 9.01. The summed E-state index contributed by atoms with van der Waals surface area (Å²) >= 11 is 6.36. The molecule has 1 saturated carbocycles. The first-order valence-corrected chi connectivity index (χ1v) is 12.4. The molecule has 1 fully saturated rings. The van der Waals surface area contributed by atoms with Crippen LogP contribution in [0.4, 0.5) is 0 Å². The van der Waals surface area contributed by atoms with Gasteiger partial charge in [0.25, 0.3) is 0 Å². The Bertz CT molecular complexity index is 1050. The zero-order chi connectivity index (χ0) is 22.3. The minimum atomic E-state index is 0.588. The third-order valence-electron chi connectivity index (χ3n) is 7.06. The molecule has 3 aromatic carbocycles. The molecule has 0 N–H and O–H groups in total. The average molecular weight is 442 g/mol. The van der Waals surface area contributed by atoms with Crippen LogP contribution in [0.5, 0.6) is 0 Å². The molecular weight excluding hydrogens is 410 g/mol. The fraction of sp³-hybridized carbons (Fsp3) is 0.367. The van der Waals surface area contributed by atoms with Crippen molar-refractivity contribution in [1.82, 2.24) is 0 Å². The van der Waals surface area contributed by atoms with Crippen molar-refractivity contribution >= 4 is 11.6 Å². The van der Waals surface area contributed by atoms with Crippen molar-refractivity contribution in [1.29, 1.82) is 5.26 Å². The van der Waals surface area contributed by atoms with Gasteiger partial charge in [0.15, 0.2) is 0 Å². The van der Waals surface area contributed by atoms with Gasteiger partial charge >= 0.3 is 0 Å². The molecule has 0 aliphatic heterocycles. The average Bonchev–Trinajstić information content (AvgIpc) is 2.84. The van der Waals surface area contributed by atoms with Crippen molar-refractivity contribution in [3.8, 4) is 17.2 Å². The Balaban J connectivity index is 1.32. The van der Waals surface area contributed by atoms with E-state index in [-0.39, 0.29) is 0 Å². The minimum Gasteiger partial charge on any atom is -0.192 e. The standard InChI is InChI=1S/C30H32ClN/c1-2-3-22-6-13-26(14-7-22)27-15-8-23(9-16-27)4-5-24-10-17-28(18-11-24)29-19-12-25(21-32)20-30(29)31/h8-12,15-20,22,26H,2-7,13-14H2,1H3. The SMILES string of the molecule is CCCC1CCC(c2ccc(CCc3ccc(-c4ccc(C#N)cc4Cl)cc3)cc2)CC1. The van der Waals surface area contributed by atoms with Gasteiger partial charge in [-0.25, -0.2) is 0 Å². The number of nitrogens with zero attached hydrogens (tertiary/aromatic N) is 1. The van der Waals surface area contributed by atoms with Crippen LogP contribution in [0.25, 0.3) is 11.1 Å². The fourth-order valence-electron chi connectivity index (χ4n) is 5.11. The normalized spacial score (nSPS) is 18.3. The maximum absolute atomic E-state index is 9.01. The molecule has 1 aliphatic rings. The zero-order valence-corrected chi connectivity index (χ0v) is 19.7. The van der Waals surface area contributed by atoms with Crippen LogP contribution in [0, 0.1) is 17.2 Å². The molecule has 4 rings (SSSR count). The first-order valence-electron chi connectivity index (χ1n) is 12.0. The van der Waals surface area contributed by atoms with Crippen LogP contribution in [-0.4, -0.2) is 0 Å². The van der Waals surface area contributed by atoms with E-state index in [0.29, 0.717) is 10.6 Å². The molecule has 3 aromatic rings. The number of hydrogen-bond donors (Lipinski definition) is 0. The fourth-order valence-corrected chi connectivity index (χ4v) is 5.40. The number of rotatable bonds is 7. The highest BCUT2D eigenvalue weighted by atomic mass is 35.5. The summed E-state index contributed by atoms with van der Waals surface area (Å²) in [6.45, 7) is 2.31. The molecule has 0 aromatic heterocycles. The van der Waals surface area contributed by atoms with Crippen LogP contribution in [0.2, 0.25) is 5.02 Å². The number of benzene rings is 3. The van der Waals surface area contributed by atoms with Gasteiger partial charge in [-0.3, -0.25) is 0 Å². The lowest BCUT2D eigenvalue weighted by Crippen LogP contribution is -2.13. The summed E-state index contributed by atoms with van der Waals surface area (Å²) in [5.74, 6) is 1.73. The van der Waals surface area contributed by atoms with Crippen LogP contribution in [0.1, 0.15) is 73.6 Å². The zero-order valence-electron chi connectivity index (χ0n) is 19.0. The monoisotopic (exact) mass is 441 g/mol. The minimum absolute atomic E-state index is 0.588. The molecule has 1 aliphatic carbocycles. The Kier molecular flexibility index (Phi) is 7.67. The lowest BCUT2D eigenvalue weighted by molar-refractivity contribution is 0.308. The summed E-state index contributed by atoms with van der Waals surface area (Å²) in [6, 6.07) is 25.6. The van der Waals surface area contributed by atoms with E-state index < -0.39 is 0 Å². The van der Waals surface area contributed by atoms with Gasteiger partial charge in [-0.2, -0.15) is 5.26 Å². The van der Waals surface area contributed by atoms with Gasteiger partial charge in [-0.1, -0.05) is 86.0 Å². The number of aryl methyl sites for hydroxylation is 2. The molecule has 0 amide bonds. The molecule has 0 spiro atoms. The van der Waals surface area contributed by atoms with Crippen LogP contribution >= 0.6 is 11.6 Å². The molecule has 1 nitrogen and oxygen atoms in total. The highest BCUT2D eigenvalue weighted by Crippen LogP contribution is 2.37. The van der Waals surface area contributed by atoms with Crippen LogP contribution in [0.3, 0.4) is 0 Å². The van der Waals surface area contributed by atoms with Crippen LogP contribution in [0.15, 0.2) is 66.7 Å². The topological polar surface area (TPSA) is 23.8 Å².